The van der Waals surface area contributed by atoms with Crippen molar-refractivity contribution in [3.8, 4) is 0 Å². The SMILES string of the molecule is [2H][C@@H](C(=O)O)[13C@@H](C)c1ccccc1. The number of carboxylic acids is 1. The molecule has 0 heterocycles. The summed E-state index contributed by atoms with van der Waals surface area (Å²) in [5.74, 6) is -1.34. The molecule has 1 rings (SSSR count). The van der Waals surface area contributed by atoms with E-state index in [2.05, 4.69) is 0 Å². The molecule has 64 valence electrons. The third kappa shape index (κ3) is 2.38. The van der Waals surface area contributed by atoms with E-state index in [1.54, 1.807) is 6.92 Å². The third-order valence-electron chi connectivity index (χ3n) is 1.72. The van der Waals surface area contributed by atoms with Gasteiger partial charge in [0, 0.05) is 1.37 Å². The van der Waals surface area contributed by atoms with Crippen LogP contribution in [0.25, 0.3) is 0 Å². The zero-order valence-corrected chi connectivity index (χ0v) is 6.90. The van der Waals surface area contributed by atoms with Crippen molar-refractivity contribution in [2.24, 2.45) is 0 Å². The first-order chi connectivity index (χ1) is 6.13. The molecule has 1 aromatic carbocycles. The lowest BCUT2D eigenvalue weighted by Gasteiger charge is -2.07. The Bertz CT molecular complexity index is 284. The molecule has 0 aromatic heterocycles. The molecule has 0 aliphatic carbocycles. The van der Waals surface area contributed by atoms with E-state index < -0.39 is 12.4 Å². The molecular formula is C10H12O2. The maximum atomic E-state index is 10.5. The molecule has 0 saturated heterocycles. The van der Waals surface area contributed by atoms with E-state index in [1.807, 2.05) is 30.3 Å². The maximum absolute atomic E-state index is 10.5. The smallest absolute Gasteiger partial charge is 0.303 e. The van der Waals surface area contributed by atoms with Gasteiger partial charge in [-0.05, 0) is 11.5 Å². The standard InChI is InChI=1S/C10H12O2/c1-8(7-10(11)12)9-5-3-2-4-6-9/h2-6,8H,7H2,1H3,(H,11,12)/t8-/m1/s1/i7D,8+1/t7-,8-. The highest BCUT2D eigenvalue weighted by molar-refractivity contribution is 5.67. The minimum Gasteiger partial charge on any atom is -0.481 e. The van der Waals surface area contributed by atoms with Crippen molar-refractivity contribution < 1.29 is 11.3 Å². The number of hydrogen-bond acceptors (Lipinski definition) is 1. The van der Waals surface area contributed by atoms with Gasteiger partial charge >= 0.3 is 5.97 Å². The summed E-state index contributed by atoms with van der Waals surface area (Å²) in [6.45, 7) is 1.75. The van der Waals surface area contributed by atoms with Crippen molar-refractivity contribution in [2.75, 3.05) is 0 Å². The zero-order chi connectivity index (χ0) is 9.84. The summed E-state index contributed by atoms with van der Waals surface area (Å²) in [5, 5.41) is 8.63. The summed E-state index contributed by atoms with van der Waals surface area (Å²) in [6.07, 6.45) is -1.08. The van der Waals surface area contributed by atoms with Crippen LogP contribution >= 0.6 is 0 Å². The van der Waals surface area contributed by atoms with Crippen molar-refractivity contribution in [2.45, 2.75) is 19.2 Å². The molecule has 0 aliphatic heterocycles. The minimum atomic E-state index is -1.08. The van der Waals surface area contributed by atoms with Crippen LogP contribution in [-0.2, 0) is 4.79 Å². The molecule has 0 aliphatic rings. The largest absolute Gasteiger partial charge is 0.481 e. The van der Waals surface area contributed by atoms with Gasteiger partial charge in [0.15, 0.2) is 0 Å². The van der Waals surface area contributed by atoms with E-state index in [1.165, 1.54) is 0 Å². The van der Waals surface area contributed by atoms with Crippen molar-refractivity contribution in [1.82, 2.24) is 0 Å². The van der Waals surface area contributed by atoms with Gasteiger partial charge in [0.05, 0.1) is 6.40 Å². The minimum absolute atomic E-state index is 0.265. The molecule has 0 unspecified atom stereocenters. The number of aliphatic carboxylic acids is 1. The Morgan fingerprint density at radius 3 is 2.67 bits per heavy atom. The lowest BCUT2D eigenvalue weighted by atomic mass is 10.2. The first kappa shape index (κ1) is 7.35. The molecule has 0 fully saturated rings. The Morgan fingerprint density at radius 1 is 1.58 bits per heavy atom. The first-order valence-corrected chi connectivity index (χ1v) is 3.83. The highest BCUT2D eigenvalue weighted by Crippen LogP contribution is 2.17. The van der Waals surface area contributed by atoms with Gasteiger partial charge in [-0.2, -0.15) is 0 Å². The fourth-order valence-electron chi connectivity index (χ4n) is 1.07. The molecule has 1 aromatic rings. The Balaban J connectivity index is 2.79. The predicted molar refractivity (Wildman–Crippen MR) is 47.1 cm³/mol. The summed E-state index contributed by atoms with van der Waals surface area (Å²) >= 11 is 0. The van der Waals surface area contributed by atoms with Gasteiger partial charge in [-0.3, -0.25) is 4.79 Å². The van der Waals surface area contributed by atoms with Crippen molar-refractivity contribution in [3.63, 3.8) is 0 Å². The molecule has 0 bridgehead atoms. The summed E-state index contributed by atoms with van der Waals surface area (Å²) in [7, 11) is 0. The van der Waals surface area contributed by atoms with E-state index in [-0.39, 0.29) is 5.92 Å². The average Bonchev–Trinajstić information content (AvgIpc) is 2.17. The Labute approximate surface area is 73.3 Å². The highest BCUT2D eigenvalue weighted by Gasteiger charge is 2.08. The van der Waals surface area contributed by atoms with Gasteiger partial charge in [-0.15, -0.1) is 0 Å². The second-order valence-electron chi connectivity index (χ2n) is 2.70. The van der Waals surface area contributed by atoms with Gasteiger partial charge in [-0.1, -0.05) is 37.3 Å². The Kier molecular flexibility index (Phi) is 2.39. The molecule has 2 nitrogen and oxygen atoms in total. The lowest BCUT2D eigenvalue weighted by Crippen LogP contribution is -2.02. The summed E-state index contributed by atoms with van der Waals surface area (Å²) in [6, 6.07) is 9.25. The molecule has 2 heteroatoms. The van der Waals surface area contributed by atoms with E-state index in [9.17, 15) is 4.79 Å². The molecule has 12 heavy (non-hydrogen) atoms. The zero-order valence-electron chi connectivity index (χ0n) is 7.90. The average molecular weight is 166 g/mol. The van der Waals surface area contributed by atoms with E-state index >= 15 is 0 Å². The van der Waals surface area contributed by atoms with E-state index in [0.29, 0.717) is 0 Å². The summed E-state index contributed by atoms with van der Waals surface area (Å²) in [4.78, 5) is 10.5. The molecule has 1 N–H and O–H groups in total. The number of carbonyl (C=O) groups is 1. The molecule has 2 atom stereocenters. The molecule has 0 radical (unpaired) electrons. The summed E-state index contributed by atoms with van der Waals surface area (Å²) in [5.41, 5.74) is 0.893. The van der Waals surface area contributed by atoms with Gasteiger partial charge in [0.25, 0.3) is 0 Å². The van der Waals surface area contributed by atoms with Gasteiger partial charge in [-0.25, -0.2) is 0 Å². The number of benzene rings is 1. The van der Waals surface area contributed by atoms with E-state index in [4.69, 9.17) is 6.48 Å². The normalized spacial score (nSPS) is 16.2. The Morgan fingerprint density at radius 2 is 2.17 bits per heavy atom. The van der Waals surface area contributed by atoms with Crippen molar-refractivity contribution >= 4 is 5.97 Å². The van der Waals surface area contributed by atoms with Gasteiger partial charge in [0.1, 0.15) is 0 Å². The molecule has 0 spiro atoms. The first-order valence-electron chi connectivity index (χ1n) is 4.40. The van der Waals surface area contributed by atoms with Crippen LogP contribution in [0.2, 0.25) is 0 Å². The quantitative estimate of drug-likeness (QED) is 0.699. The number of hydrogen-bond donors (Lipinski definition) is 1. The fourth-order valence-corrected chi connectivity index (χ4v) is 1.07. The third-order valence-corrected chi connectivity index (χ3v) is 1.72. The highest BCUT2D eigenvalue weighted by atomic mass is 16.4. The van der Waals surface area contributed by atoms with Crippen LogP contribution in [0.4, 0.5) is 0 Å². The number of carboxylic acid groups (broad SMARTS) is 1. The van der Waals surface area contributed by atoms with Crippen LogP contribution in [0.5, 0.6) is 0 Å². The predicted octanol–water partition coefficient (Wildman–Crippen LogP) is 2.26. The van der Waals surface area contributed by atoms with E-state index in [0.717, 1.165) is 5.56 Å². The van der Waals surface area contributed by atoms with Crippen molar-refractivity contribution in [3.05, 3.63) is 35.9 Å². The molecule has 0 saturated carbocycles. The Hall–Kier alpha value is -1.31. The lowest BCUT2D eigenvalue weighted by molar-refractivity contribution is -0.137. The monoisotopic (exact) mass is 166 g/mol. The van der Waals surface area contributed by atoms with Crippen LogP contribution in [-0.4, -0.2) is 11.1 Å². The topological polar surface area (TPSA) is 37.3 Å². The van der Waals surface area contributed by atoms with Crippen molar-refractivity contribution in [1.29, 1.82) is 0 Å². The summed E-state index contributed by atoms with van der Waals surface area (Å²) < 4.78 is 7.37. The number of rotatable bonds is 3. The molecular weight excluding hydrogens is 153 g/mol. The fraction of sp³-hybridized carbons (Fsp3) is 0.300. The van der Waals surface area contributed by atoms with Crippen LogP contribution in [0.15, 0.2) is 30.3 Å². The second-order valence-corrected chi connectivity index (χ2v) is 2.70. The van der Waals surface area contributed by atoms with Gasteiger partial charge in [0.2, 0.25) is 0 Å². The van der Waals surface area contributed by atoms with Crippen LogP contribution in [0.3, 0.4) is 0 Å². The van der Waals surface area contributed by atoms with Crippen LogP contribution in [0.1, 0.15) is 26.2 Å². The van der Waals surface area contributed by atoms with Gasteiger partial charge < -0.3 is 5.11 Å². The van der Waals surface area contributed by atoms with Crippen LogP contribution < -0.4 is 0 Å². The maximum Gasteiger partial charge on any atom is 0.303 e. The van der Waals surface area contributed by atoms with Crippen LogP contribution in [0, 0.1) is 0 Å². The second kappa shape index (κ2) is 3.90. The molecule has 0 amide bonds.